The minimum absolute atomic E-state index is 0.0708. The zero-order valence-corrected chi connectivity index (χ0v) is 14.6. The molecule has 1 aliphatic carbocycles. The number of aryl methyl sites for hydroxylation is 1. The van der Waals surface area contributed by atoms with Crippen molar-refractivity contribution in [2.45, 2.75) is 26.2 Å². The van der Waals surface area contributed by atoms with Crippen LogP contribution in [0.4, 0.5) is 0 Å². The van der Waals surface area contributed by atoms with Gasteiger partial charge in [0, 0.05) is 24.6 Å². The van der Waals surface area contributed by atoms with Crippen LogP contribution in [-0.2, 0) is 22.4 Å². The molecule has 0 radical (unpaired) electrons. The number of aromatic nitrogens is 3. The van der Waals surface area contributed by atoms with Crippen molar-refractivity contribution < 1.29 is 19.4 Å². The number of H-pyrrole nitrogens is 1. The van der Waals surface area contributed by atoms with E-state index in [9.17, 15) is 14.4 Å². The van der Waals surface area contributed by atoms with Crippen molar-refractivity contribution in [3.05, 3.63) is 57.3 Å². The Morgan fingerprint density at radius 1 is 1.37 bits per heavy atom. The van der Waals surface area contributed by atoms with Crippen molar-refractivity contribution in [1.29, 1.82) is 0 Å². The summed E-state index contributed by atoms with van der Waals surface area (Å²) in [6.07, 6.45) is 2.80. The summed E-state index contributed by atoms with van der Waals surface area (Å²) in [4.78, 5) is 41.8. The van der Waals surface area contributed by atoms with Gasteiger partial charge in [0.15, 0.2) is 5.69 Å². The second-order valence-electron chi connectivity index (χ2n) is 6.37. The van der Waals surface area contributed by atoms with Crippen LogP contribution in [0.15, 0.2) is 29.2 Å². The van der Waals surface area contributed by atoms with Gasteiger partial charge in [0.2, 0.25) is 5.65 Å². The smallest absolute Gasteiger partial charge is 0.356 e. The van der Waals surface area contributed by atoms with E-state index in [0.717, 1.165) is 22.4 Å². The van der Waals surface area contributed by atoms with Crippen LogP contribution in [-0.4, -0.2) is 38.0 Å². The van der Waals surface area contributed by atoms with E-state index >= 15 is 0 Å². The first-order chi connectivity index (χ1) is 13.0. The van der Waals surface area contributed by atoms with Gasteiger partial charge in [0.05, 0.1) is 18.0 Å². The highest BCUT2D eigenvalue weighted by Crippen LogP contribution is 2.35. The van der Waals surface area contributed by atoms with Crippen molar-refractivity contribution in [3.63, 3.8) is 0 Å². The highest BCUT2D eigenvalue weighted by molar-refractivity contribution is 5.86. The van der Waals surface area contributed by atoms with Crippen molar-refractivity contribution in [3.8, 4) is 11.3 Å². The first-order valence-corrected chi connectivity index (χ1v) is 8.63. The lowest BCUT2D eigenvalue weighted by Gasteiger charge is -2.05. The predicted molar refractivity (Wildman–Crippen MR) is 96.0 cm³/mol. The number of benzene rings is 1. The lowest BCUT2D eigenvalue weighted by Crippen LogP contribution is -2.13. The number of ether oxygens (including phenoxy) is 1. The highest BCUT2D eigenvalue weighted by Gasteiger charge is 2.25. The topological polar surface area (TPSA) is 114 Å². The number of carbonyl (C=O) groups excluding carboxylic acids is 1. The number of imidazole rings is 1. The van der Waals surface area contributed by atoms with E-state index < -0.39 is 11.5 Å². The molecule has 27 heavy (non-hydrogen) atoms. The Morgan fingerprint density at radius 2 is 2.19 bits per heavy atom. The molecule has 138 valence electrons. The van der Waals surface area contributed by atoms with E-state index in [4.69, 9.17) is 9.84 Å². The molecular formula is C19H17N3O5. The third-order valence-corrected chi connectivity index (χ3v) is 4.67. The lowest BCUT2D eigenvalue weighted by molar-refractivity contribution is -0.143. The molecule has 1 aliphatic rings. The number of aromatic amines is 1. The van der Waals surface area contributed by atoms with Crippen LogP contribution in [0.25, 0.3) is 16.9 Å². The number of hydrogen-bond donors (Lipinski definition) is 2. The van der Waals surface area contributed by atoms with E-state index in [1.54, 1.807) is 11.3 Å². The Kier molecular flexibility index (Phi) is 4.02. The van der Waals surface area contributed by atoms with Crippen LogP contribution in [0.3, 0.4) is 0 Å². The Hall–Kier alpha value is -3.42. The molecule has 1 aromatic carbocycles. The molecule has 0 amide bonds. The second-order valence-corrected chi connectivity index (χ2v) is 6.37. The summed E-state index contributed by atoms with van der Waals surface area (Å²) in [5, 5.41) is 9.15. The van der Waals surface area contributed by atoms with Gasteiger partial charge in [-0.25, -0.2) is 9.78 Å². The average Bonchev–Trinajstić information content (AvgIpc) is 3.22. The van der Waals surface area contributed by atoms with Gasteiger partial charge in [-0.05, 0) is 24.5 Å². The molecule has 2 aromatic heterocycles. The third-order valence-electron chi connectivity index (χ3n) is 4.67. The second kappa shape index (κ2) is 6.39. The van der Waals surface area contributed by atoms with Gasteiger partial charge in [-0.2, -0.15) is 0 Å². The Bertz CT molecular complexity index is 1140. The predicted octanol–water partition coefficient (Wildman–Crippen LogP) is 1.79. The molecule has 0 atom stereocenters. The van der Waals surface area contributed by atoms with Crippen LogP contribution in [0.1, 0.15) is 40.7 Å². The van der Waals surface area contributed by atoms with Gasteiger partial charge in [-0.3, -0.25) is 14.0 Å². The molecule has 0 bridgehead atoms. The molecule has 0 saturated carbocycles. The van der Waals surface area contributed by atoms with Crippen LogP contribution in [0, 0.1) is 0 Å². The molecule has 8 nitrogen and oxygen atoms in total. The van der Waals surface area contributed by atoms with E-state index in [0.29, 0.717) is 31.6 Å². The minimum atomic E-state index is -1.18. The number of rotatable bonds is 5. The van der Waals surface area contributed by atoms with Crippen molar-refractivity contribution in [2.75, 3.05) is 6.61 Å². The molecule has 0 saturated heterocycles. The zero-order chi connectivity index (χ0) is 19.1. The summed E-state index contributed by atoms with van der Waals surface area (Å²) in [5.41, 5.74) is 3.86. The monoisotopic (exact) mass is 367 g/mol. The highest BCUT2D eigenvalue weighted by atomic mass is 16.5. The van der Waals surface area contributed by atoms with Gasteiger partial charge in [-0.15, -0.1) is 0 Å². The maximum atomic E-state index is 12.3. The van der Waals surface area contributed by atoms with E-state index in [2.05, 4.69) is 9.97 Å². The standard InChI is InChI=1S/C19H17N3O5/c1-2-27-15(23)6-4-10-3-5-12-11(7-10)8-14-16(12)21-18(24)17-20-13(19(25)26)9-22(14)17/h3,5,7,9H,2,4,6,8H2,1H3,(H,21,24)(H,25,26). The van der Waals surface area contributed by atoms with Crippen LogP contribution >= 0.6 is 0 Å². The molecule has 0 spiro atoms. The van der Waals surface area contributed by atoms with Gasteiger partial charge >= 0.3 is 11.9 Å². The number of fused-ring (bicyclic) bond motifs is 5. The summed E-state index contributed by atoms with van der Waals surface area (Å²) in [6.45, 7) is 2.14. The lowest BCUT2D eigenvalue weighted by atomic mass is 10.0. The molecule has 0 fully saturated rings. The quantitative estimate of drug-likeness (QED) is 0.520. The first-order valence-electron chi connectivity index (χ1n) is 8.63. The number of hydrogen-bond acceptors (Lipinski definition) is 5. The van der Waals surface area contributed by atoms with Crippen molar-refractivity contribution in [1.82, 2.24) is 14.4 Å². The summed E-state index contributed by atoms with van der Waals surface area (Å²) < 4.78 is 6.50. The SMILES string of the molecule is CCOC(=O)CCc1ccc2c(c1)Cc1c-2[nH]c(=O)c2nc(C(=O)O)cn12. The normalized spacial score (nSPS) is 12.0. The summed E-state index contributed by atoms with van der Waals surface area (Å²) in [6, 6.07) is 5.85. The van der Waals surface area contributed by atoms with E-state index in [1.165, 1.54) is 6.20 Å². The number of esters is 1. The van der Waals surface area contributed by atoms with E-state index in [-0.39, 0.29) is 17.3 Å². The maximum absolute atomic E-state index is 12.3. The fourth-order valence-corrected chi connectivity index (χ4v) is 3.46. The minimum Gasteiger partial charge on any atom is -0.476 e. The summed E-state index contributed by atoms with van der Waals surface area (Å²) in [7, 11) is 0. The van der Waals surface area contributed by atoms with Crippen LogP contribution in [0.2, 0.25) is 0 Å². The van der Waals surface area contributed by atoms with Gasteiger partial charge in [0.1, 0.15) is 0 Å². The van der Waals surface area contributed by atoms with Gasteiger partial charge in [-0.1, -0.05) is 18.2 Å². The fourth-order valence-electron chi connectivity index (χ4n) is 3.46. The third kappa shape index (κ3) is 2.88. The molecular weight excluding hydrogens is 350 g/mol. The first kappa shape index (κ1) is 17.0. The Morgan fingerprint density at radius 3 is 2.93 bits per heavy atom. The number of nitrogens with one attached hydrogen (secondary N) is 1. The maximum Gasteiger partial charge on any atom is 0.356 e. The number of aromatic carboxylic acids is 1. The number of nitrogens with zero attached hydrogens (tertiary/aromatic N) is 2. The van der Waals surface area contributed by atoms with Crippen molar-refractivity contribution in [2.24, 2.45) is 0 Å². The van der Waals surface area contributed by atoms with Gasteiger partial charge < -0.3 is 14.8 Å². The van der Waals surface area contributed by atoms with E-state index in [1.807, 2.05) is 18.2 Å². The number of carbonyl (C=O) groups is 2. The molecule has 2 heterocycles. The molecule has 3 aromatic rings. The van der Waals surface area contributed by atoms with Crippen LogP contribution in [0.5, 0.6) is 0 Å². The van der Waals surface area contributed by atoms with Crippen LogP contribution < -0.4 is 5.56 Å². The van der Waals surface area contributed by atoms with Gasteiger partial charge in [0.25, 0.3) is 5.56 Å². The Balaban J connectivity index is 1.70. The van der Waals surface area contributed by atoms with Crippen molar-refractivity contribution >= 4 is 17.6 Å². The number of carboxylic acids is 1. The molecule has 2 N–H and O–H groups in total. The summed E-state index contributed by atoms with van der Waals surface area (Å²) >= 11 is 0. The molecule has 8 heteroatoms. The Labute approximate surface area is 153 Å². The molecule has 4 rings (SSSR count). The zero-order valence-electron chi connectivity index (χ0n) is 14.6. The average molecular weight is 367 g/mol. The fraction of sp³-hybridized carbons (Fsp3) is 0.263. The molecule has 0 aliphatic heterocycles. The largest absolute Gasteiger partial charge is 0.476 e. The summed E-state index contributed by atoms with van der Waals surface area (Å²) in [5.74, 6) is -1.41. The molecule has 0 unspecified atom stereocenters. The number of carboxylic acid groups (broad SMARTS) is 1.